The molecule has 10 aromatic rings. The van der Waals surface area contributed by atoms with Crippen LogP contribution in [0, 0.1) is 0 Å². The molecular weight excluding hydrogens is 593 g/mol. The van der Waals surface area contributed by atoms with Gasteiger partial charge in [-0.05, 0) is 101 Å². The standard InChI is InChI=1S/C48H30O/c1-2-11-31(12-3-1)37-27-28-44-43(30-37)48-42(19-10-20-45(48)49-44)47-40-17-8-6-15-38(40)46(39-16-7-9-18-41(39)47)34-24-21-33(22-25-34)36-26-23-32-13-4-5-14-35(32)29-36/h1-30H/i1D,2D,3D,4D,5D,10D,11D,12D,13D,14D,19D,20D,21D,22D,23D,24D,25D,26D,27D,28D,29D,30D. The fourth-order valence-corrected chi connectivity index (χ4v) is 6.28. The molecule has 0 amide bonds. The van der Waals surface area contributed by atoms with Gasteiger partial charge in [-0.3, -0.25) is 0 Å². The van der Waals surface area contributed by atoms with Gasteiger partial charge in [0.25, 0.3) is 0 Å². The summed E-state index contributed by atoms with van der Waals surface area (Å²) in [4.78, 5) is 0. The molecular formula is C48H30O. The molecule has 0 aliphatic rings. The van der Waals surface area contributed by atoms with Crippen molar-refractivity contribution in [3.63, 3.8) is 0 Å². The Morgan fingerprint density at radius 2 is 0.939 bits per heavy atom. The second-order valence-corrected chi connectivity index (χ2v) is 11.1. The van der Waals surface area contributed by atoms with Gasteiger partial charge in [-0.15, -0.1) is 0 Å². The SMILES string of the molecule is [2H]c1c([2H])c([2H])c(-c2c([2H])c([2H])c3oc4c([2H])c([2H])c([2H])c(-c5c6ccccc6c(-c6c([2H])c([2H])c(-c7c([2H])c([2H])c8c([2H])c([2H])c([2H])c([2H])c8c7[2H])c([2H])c6[2H])c6ccccc56)c4c3c2[2H])c([2H])c1[2H]. The van der Waals surface area contributed by atoms with Crippen LogP contribution in [-0.2, 0) is 0 Å². The predicted molar refractivity (Wildman–Crippen MR) is 208 cm³/mol. The maximum absolute atomic E-state index is 9.60. The fourth-order valence-electron chi connectivity index (χ4n) is 6.28. The van der Waals surface area contributed by atoms with Gasteiger partial charge < -0.3 is 4.42 Å². The van der Waals surface area contributed by atoms with Gasteiger partial charge in [-0.25, -0.2) is 0 Å². The second-order valence-electron chi connectivity index (χ2n) is 11.1. The predicted octanol–water partition coefficient (Wildman–Crippen LogP) is 13.7. The van der Waals surface area contributed by atoms with E-state index in [0.29, 0.717) is 0 Å². The first-order valence-corrected chi connectivity index (χ1v) is 15.1. The molecule has 0 radical (unpaired) electrons. The Bertz CT molecular complexity index is 4030. The van der Waals surface area contributed by atoms with E-state index in [2.05, 4.69) is 0 Å². The molecule has 0 atom stereocenters. The average molecular weight is 645 g/mol. The quantitative estimate of drug-likeness (QED) is 0.174. The van der Waals surface area contributed by atoms with Gasteiger partial charge in [-0.2, -0.15) is 0 Å². The van der Waals surface area contributed by atoms with Crippen LogP contribution >= 0.6 is 0 Å². The first kappa shape index (κ1) is 13.6. The summed E-state index contributed by atoms with van der Waals surface area (Å²) in [5, 5.41) is -0.132. The molecule has 0 N–H and O–H groups in total. The molecule has 0 bridgehead atoms. The van der Waals surface area contributed by atoms with Crippen molar-refractivity contribution in [3.05, 3.63) is 181 Å². The van der Waals surface area contributed by atoms with E-state index in [9.17, 15) is 8.22 Å². The number of rotatable bonds is 4. The summed E-state index contributed by atoms with van der Waals surface area (Å²) in [5.41, 5.74) is -2.93. The van der Waals surface area contributed by atoms with E-state index >= 15 is 0 Å². The summed E-state index contributed by atoms with van der Waals surface area (Å²) >= 11 is 0. The van der Waals surface area contributed by atoms with Crippen LogP contribution in [0.4, 0.5) is 0 Å². The maximum Gasteiger partial charge on any atom is 0.136 e. The molecule has 228 valence electrons. The summed E-state index contributed by atoms with van der Waals surface area (Å²) in [6.45, 7) is 0. The largest absolute Gasteiger partial charge is 0.456 e. The minimum atomic E-state index is -0.758. The summed E-state index contributed by atoms with van der Waals surface area (Å²) in [6, 6.07) is -2.20. The molecule has 0 fully saturated rings. The van der Waals surface area contributed by atoms with Crippen LogP contribution in [0.25, 0.3) is 98.8 Å². The highest BCUT2D eigenvalue weighted by atomic mass is 16.3. The van der Waals surface area contributed by atoms with Gasteiger partial charge in [0.05, 0.1) is 30.2 Å². The Kier molecular flexibility index (Phi) is 3.07. The molecule has 0 aliphatic carbocycles. The summed E-state index contributed by atoms with van der Waals surface area (Å²) < 4.78 is 201. The van der Waals surface area contributed by atoms with E-state index in [-0.39, 0.29) is 60.2 Å². The van der Waals surface area contributed by atoms with Gasteiger partial charge >= 0.3 is 0 Å². The van der Waals surface area contributed by atoms with Crippen molar-refractivity contribution in [2.45, 2.75) is 0 Å². The zero-order chi connectivity index (χ0) is 51.5. The molecule has 0 spiro atoms. The van der Waals surface area contributed by atoms with Crippen molar-refractivity contribution in [1.29, 1.82) is 0 Å². The zero-order valence-electron chi connectivity index (χ0n) is 47.0. The molecule has 1 heteroatoms. The monoisotopic (exact) mass is 644 g/mol. The third kappa shape index (κ3) is 4.47. The minimum absolute atomic E-state index is 0.0994. The lowest BCUT2D eigenvalue weighted by atomic mass is 9.84. The van der Waals surface area contributed by atoms with Gasteiger partial charge in [-0.1, -0.05) is 157 Å². The van der Waals surface area contributed by atoms with Gasteiger partial charge in [0.1, 0.15) is 11.2 Å². The number of benzene rings is 9. The lowest BCUT2D eigenvalue weighted by Crippen LogP contribution is -1.91. The van der Waals surface area contributed by atoms with Gasteiger partial charge in [0.2, 0.25) is 0 Å². The molecule has 1 aromatic heterocycles. The van der Waals surface area contributed by atoms with E-state index in [1.807, 2.05) is 0 Å². The Morgan fingerprint density at radius 3 is 1.67 bits per heavy atom. The lowest BCUT2D eigenvalue weighted by molar-refractivity contribution is 0.669. The van der Waals surface area contributed by atoms with Gasteiger partial charge in [0.15, 0.2) is 0 Å². The highest BCUT2D eigenvalue weighted by Gasteiger charge is 2.20. The molecule has 49 heavy (non-hydrogen) atoms. The van der Waals surface area contributed by atoms with Gasteiger partial charge in [0, 0.05) is 10.8 Å². The van der Waals surface area contributed by atoms with Crippen LogP contribution in [0.1, 0.15) is 30.2 Å². The zero-order valence-corrected chi connectivity index (χ0v) is 25.0. The van der Waals surface area contributed by atoms with Crippen molar-refractivity contribution in [2.75, 3.05) is 0 Å². The average Bonchev–Trinajstić information content (AvgIpc) is 3.76. The number of hydrogen-bond acceptors (Lipinski definition) is 1. The highest BCUT2D eigenvalue weighted by molar-refractivity contribution is 6.25. The van der Waals surface area contributed by atoms with Crippen molar-refractivity contribution in [1.82, 2.24) is 0 Å². The molecule has 0 unspecified atom stereocenters. The van der Waals surface area contributed by atoms with E-state index in [4.69, 9.17) is 26.3 Å². The van der Waals surface area contributed by atoms with E-state index in [1.54, 1.807) is 48.5 Å². The lowest BCUT2D eigenvalue weighted by Gasteiger charge is -2.18. The smallest absolute Gasteiger partial charge is 0.136 e. The van der Waals surface area contributed by atoms with E-state index in [0.717, 1.165) is 0 Å². The molecule has 9 aromatic carbocycles. The number of fused-ring (bicyclic) bond motifs is 6. The second kappa shape index (κ2) is 11.1. The Labute approximate surface area is 315 Å². The Hall–Kier alpha value is -6.44. The molecule has 1 heterocycles. The number of furan rings is 1. The molecule has 0 saturated heterocycles. The minimum Gasteiger partial charge on any atom is -0.456 e. The summed E-state index contributed by atoms with van der Waals surface area (Å²) in [5.74, 6) is 0. The first-order valence-electron chi connectivity index (χ1n) is 26.1. The molecule has 0 saturated carbocycles. The molecule has 0 aliphatic heterocycles. The van der Waals surface area contributed by atoms with Crippen LogP contribution in [0.2, 0.25) is 0 Å². The third-order valence-electron chi connectivity index (χ3n) is 8.38. The van der Waals surface area contributed by atoms with Crippen LogP contribution in [0.3, 0.4) is 0 Å². The fraction of sp³-hybridized carbons (Fsp3) is 0. The Morgan fingerprint density at radius 1 is 0.367 bits per heavy atom. The van der Waals surface area contributed by atoms with E-state index < -0.39 is 172 Å². The Balaban J connectivity index is 1.33. The highest BCUT2D eigenvalue weighted by Crippen LogP contribution is 2.47. The number of hydrogen-bond donors (Lipinski definition) is 0. The maximum atomic E-state index is 9.60. The summed E-state index contributed by atoms with van der Waals surface area (Å²) in [7, 11) is 0. The topological polar surface area (TPSA) is 13.1 Å². The van der Waals surface area contributed by atoms with Crippen LogP contribution in [0.5, 0.6) is 0 Å². The van der Waals surface area contributed by atoms with Crippen LogP contribution in [-0.4, -0.2) is 0 Å². The van der Waals surface area contributed by atoms with Crippen molar-refractivity contribution < 1.29 is 34.6 Å². The molecule has 1 nitrogen and oxygen atoms in total. The first-order chi connectivity index (χ1) is 33.5. The van der Waals surface area contributed by atoms with Crippen LogP contribution in [0.15, 0.2) is 186 Å². The third-order valence-corrected chi connectivity index (χ3v) is 8.38. The van der Waals surface area contributed by atoms with Crippen LogP contribution < -0.4 is 0 Å². The van der Waals surface area contributed by atoms with E-state index in [1.165, 1.54) is 0 Å². The normalized spacial score (nSPS) is 18.0. The summed E-state index contributed by atoms with van der Waals surface area (Å²) in [6.07, 6.45) is 0. The molecule has 10 rings (SSSR count). The van der Waals surface area contributed by atoms with Crippen molar-refractivity contribution in [2.24, 2.45) is 0 Å². The van der Waals surface area contributed by atoms with Crippen molar-refractivity contribution >= 4 is 54.3 Å². The van der Waals surface area contributed by atoms with Crippen molar-refractivity contribution in [3.8, 4) is 44.5 Å².